The molecule has 0 saturated heterocycles. The number of nitrogen functional groups attached to an aromatic ring is 1. The van der Waals surface area contributed by atoms with Gasteiger partial charge >= 0.3 is 5.97 Å². The first-order valence-electron chi connectivity index (χ1n) is 8.55. The Morgan fingerprint density at radius 3 is 2.44 bits per heavy atom. The molecule has 2 aromatic carbocycles. The van der Waals surface area contributed by atoms with E-state index in [1.165, 1.54) is 12.1 Å². The molecule has 0 aliphatic heterocycles. The third kappa shape index (κ3) is 4.55. The molecular weight excluding hydrogens is 481 g/mol. The van der Waals surface area contributed by atoms with E-state index in [-0.39, 0.29) is 16.8 Å². The lowest BCUT2D eigenvalue weighted by Crippen LogP contribution is -2.22. The smallest absolute Gasteiger partial charge is 0.352 e. The van der Waals surface area contributed by atoms with Gasteiger partial charge in [-0.2, -0.15) is 0 Å². The van der Waals surface area contributed by atoms with Crippen molar-refractivity contribution in [2.75, 3.05) is 12.3 Å². The van der Waals surface area contributed by atoms with Gasteiger partial charge in [-0.25, -0.2) is 13.2 Å². The van der Waals surface area contributed by atoms with Crippen LogP contribution in [0.15, 0.2) is 47.4 Å². The number of sulfone groups is 1. The minimum atomic E-state index is -3.29. The van der Waals surface area contributed by atoms with Gasteiger partial charge in [-0.15, -0.1) is 0 Å². The summed E-state index contributed by atoms with van der Waals surface area (Å²) in [6.07, 6.45) is 0.361. The number of esters is 1. The SMILES string of the molecule is CCOC(=O)C(Oc1ccc(I)cc1N)c1ccc(S(=O)(=O)C2CC2)cc1. The van der Waals surface area contributed by atoms with E-state index in [1.807, 2.05) is 6.07 Å². The molecule has 2 N–H and O–H groups in total. The second kappa shape index (κ2) is 8.05. The van der Waals surface area contributed by atoms with Crippen molar-refractivity contribution >= 4 is 44.1 Å². The summed E-state index contributed by atoms with van der Waals surface area (Å²) in [4.78, 5) is 12.7. The Balaban J connectivity index is 1.89. The molecule has 0 bridgehead atoms. The Hall–Kier alpha value is -1.81. The molecule has 0 aromatic heterocycles. The molecule has 2 aromatic rings. The predicted molar refractivity (Wildman–Crippen MR) is 110 cm³/mol. The van der Waals surface area contributed by atoms with Crippen molar-refractivity contribution in [2.45, 2.75) is 36.0 Å². The average Bonchev–Trinajstić information content (AvgIpc) is 3.47. The maximum atomic E-state index is 12.4. The number of nitrogens with two attached hydrogens (primary N) is 1. The van der Waals surface area contributed by atoms with Gasteiger partial charge in [0, 0.05) is 9.13 Å². The quantitative estimate of drug-likeness (QED) is 0.355. The minimum Gasteiger partial charge on any atom is -0.472 e. The number of carbonyl (C=O) groups is 1. The van der Waals surface area contributed by atoms with Crippen LogP contribution in [-0.4, -0.2) is 26.2 Å². The molecule has 0 radical (unpaired) electrons. The van der Waals surface area contributed by atoms with Crippen LogP contribution >= 0.6 is 22.6 Å². The van der Waals surface area contributed by atoms with Crippen molar-refractivity contribution in [1.82, 2.24) is 0 Å². The molecule has 3 rings (SSSR count). The summed E-state index contributed by atoms with van der Waals surface area (Å²) < 4.78 is 36.6. The van der Waals surface area contributed by atoms with E-state index in [2.05, 4.69) is 22.6 Å². The standard InChI is InChI=1S/C19H20INO5S/c1-2-25-19(22)18(26-17-10-5-13(20)11-16(17)21)12-3-6-14(7-4-12)27(23,24)15-8-9-15/h3-7,10-11,15,18H,2,8-9,21H2,1H3. The molecule has 0 amide bonds. The maximum absolute atomic E-state index is 12.4. The van der Waals surface area contributed by atoms with Gasteiger partial charge in [-0.1, -0.05) is 12.1 Å². The Bertz CT molecular complexity index is 939. The highest BCUT2D eigenvalue weighted by atomic mass is 127. The molecule has 1 aliphatic carbocycles. The molecule has 1 unspecified atom stereocenters. The number of halogens is 1. The summed E-state index contributed by atoms with van der Waals surface area (Å²) in [7, 11) is -3.29. The van der Waals surface area contributed by atoms with Gasteiger partial charge in [0.25, 0.3) is 0 Å². The number of anilines is 1. The summed E-state index contributed by atoms with van der Waals surface area (Å²) in [5.41, 5.74) is 6.89. The zero-order valence-electron chi connectivity index (χ0n) is 14.7. The molecule has 144 valence electrons. The van der Waals surface area contributed by atoms with Crippen molar-refractivity contribution in [1.29, 1.82) is 0 Å². The Kier molecular flexibility index (Phi) is 5.95. The molecular formula is C19H20INO5S. The van der Waals surface area contributed by atoms with Gasteiger partial charge in [-0.05, 0) is 72.7 Å². The van der Waals surface area contributed by atoms with Gasteiger partial charge in [0.1, 0.15) is 5.75 Å². The second-order valence-corrected chi connectivity index (χ2v) is 9.72. The van der Waals surface area contributed by atoms with E-state index in [4.69, 9.17) is 15.2 Å². The maximum Gasteiger partial charge on any atom is 0.352 e. The summed E-state index contributed by atoms with van der Waals surface area (Å²) >= 11 is 2.13. The normalized spacial score (nSPS) is 15.2. The highest BCUT2D eigenvalue weighted by molar-refractivity contribution is 14.1. The van der Waals surface area contributed by atoms with Gasteiger partial charge in [0.2, 0.25) is 6.10 Å². The van der Waals surface area contributed by atoms with E-state index in [0.717, 1.165) is 3.57 Å². The number of benzene rings is 2. The van der Waals surface area contributed by atoms with E-state index in [9.17, 15) is 13.2 Å². The molecule has 1 atom stereocenters. The number of carbonyl (C=O) groups excluding carboxylic acids is 1. The van der Waals surface area contributed by atoms with E-state index in [0.29, 0.717) is 29.8 Å². The summed E-state index contributed by atoms with van der Waals surface area (Å²) in [6.45, 7) is 1.91. The first kappa shape index (κ1) is 19.9. The van der Waals surface area contributed by atoms with E-state index < -0.39 is 21.9 Å². The fraction of sp³-hybridized carbons (Fsp3) is 0.316. The van der Waals surface area contributed by atoms with Crippen LogP contribution in [0.4, 0.5) is 5.69 Å². The zero-order chi connectivity index (χ0) is 19.6. The number of hydrogen-bond acceptors (Lipinski definition) is 6. The average molecular weight is 501 g/mol. The monoisotopic (exact) mass is 501 g/mol. The van der Waals surface area contributed by atoms with Crippen LogP contribution in [0.2, 0.25) is 0 Å². The first-order valence-corrected chi connectivity index (χ1v) is 11.2. The second-order valence-electron chi connectivity index (χ2n) is 6.25. The number of ether oxygens (including phenoxy) is 2. The number of hydrogen-bond donors (Lipinski definition) is 1. The molecule has 0 spiro atoms. The molecule has 8 heteroatoms. The molecule has 1 aliphatic rings. The van der Waals surface area contributed by atoms with Crippen LogP contribution in [0, 0.1) is 3.57 Å². The van der Waals surface area contributed by atoms with Crippen LogP contribution in [0.5, 0.6) is 5.75 Å². The Labute approximate surface area is 172 Å². The molecule has 1 saturated carbocycles. The summed E-state index contributed by atoms with van der Waals surface area (Å²) in [6, 6.07) is 11.4. The van der Waals surface area contributed by atoms with Crippen LogP contribution in [0.25, 0.3) is 0 Å². The van der Waals surface area contributed by atoms with Crippen LogP contribution in [0.1, 0.15) is 31.4 Å². The third-order valence-corrected chi connectivity index (χ3v) is 7.14. The predicted octanol–water partition coefficient (Wildman–Crippen LogP) is 3.49. The summed E-state index contributed by atoms with van der Waals surface area (Å²) in [5.74, 6) is -0.198. The van der Waals surface area contributed by atoms with Crippen molar-refractivity contribution in [3.05, 3.63) is 51.6 Å². The fourth-order valence-corrected chi connectivity index (χ4v) is 4.80. The lowest BCUT2D eigenvalue weighted by molar-refractivity contribution is -0.151. The van der Waals surface area contributed by atoms with Crippen LogP contribution < -0.4 is 10.5 Å². The first-order chi connectivity index (χ1) is 12.8. The van der Waals surface area contributed by atoms with E-state index in [1.54, 1.807) is 31.2 Å². The van der Waals surface area contributed by atoms with Crippen LogP contribution in [-0.2, 0) is 19.4 Å². The van der Waals surface area contributed by atoms with Crippen LogP contribution in [0.3, 0.4) is 0 Å². The zero-order valence-corrected chi connectivity index (χ0v) is 17.7. The van der Waals surface area contributed by atoms with Gasteiger partial charge in [-0.3, -0.25) is 0 Å². The van der Waals surface area contributed by atoms with Gasteiger partial charge in [0.05, 0.1) is 22.4 Å². The largest absolute Gasteiger partial charge is 0.472 e. The molecule has 1 fully saturated rings. The lowest BCUT2D eigenvalue weighted by atomic mass is 10.1. The Morgan fingerprint density at radius 2 is 1.89 bits per heavy atom. The third-order valence-electron chi connectivity index (χ3n) is 4.19. The van der Waals surface area contributed by atoms with Gasteiger partial charge < -0.3 is 15.2 Å². The number of rotatable bonds is 7. The highest BCUT2D eigenvalue weighted by Crippen LogP contribution is 2.34. The van der Waals surface area contributed by atoms with Crippen molar-refractivity contribution in [3.8, 4) is 5.75 Å². The van der Waals surface area contributed by atoms with Crippen molar-refractivity contribution in [3.63, 3.8) is 0 Å². The topological polar surface area (TPSA) is 95.7 Å². The van der Waals surface area contributed by atoms with Gasteiger partial charge in [0.15, 0.2) is 9.84 Å². The molecule has 0 heterocycles. The molecule has 6 nitrogen and oxygen atoms in total. The van der Waals surface area contributed by atoms with Crippen molar-refractivity contribution < 1.29 is 22.7 Å². The Morgan fingerprint density at radius 1 is 1.22 bits per heavy atom. The van der Waals surface area contributed by atoms with Crippen molar-refractivity contribution in [2.24, 2.45) is 0 Å². The molecule has 27 heavy (non-hydrogen) atoms. The van der Waals surface area contributed by atoms with E-state index >= 15 is 0 Å². The fourth-order valence-electron chi connectivity index (χ4n) is 2.63. The summed E-state index contributed by atoms with van der Waals surface area (Å²) in [5, 5.41) is -0.285. The lowest BCUT2D eigenvalue weighted by Gasteiger charge is -2.19. The highest BCUT2D eigenvalue weighted by Gasteiger charge is 2.37. The minimum absolute atomic E-state index is 0.203.